The zero-order valence-electron chi connectivity index (χ0n) is 11.2. The first-order chi connectivity index (χ1) is 9.73. The average Bonchev–Trinajstić information content (AvgIpc) is 2.98. The van der Waals surface area contributed by atoms with Gasteiger partial charge in [-0.15, -0.1) is 0 Å². The van der Waals surface area contributed by atoms with Crippen LogP contribution in [0, 0.1) is 0 Å². The van der Waals surface area contributed by atoms with E-state index in [4.69, 9.17) is 9.26 Å². The van der Waals surface area contributed by atoms with Gasteiger partial charge in [0.15, 0.2) is 5.67 Å². The van der Waals surface area contributed by atoms with Crippen LogP contribution in [0.2, 0.25) is 0 Å². The molecule has 2 aromatic rings. The van der Waals surface area contributed by atoms with E-state index in [-0.39, 0.29) is 5.89 Å². The van der Waals surface area contributed by atoms with Gasteiger partial charge >= 0.3 is 0 Å². The summed E-state index contributed by atoms with van der Waals surface area (Å²) in [5.41, 5.74) is -0.832. The summed E-state index contributed by atoms with van der Waals surface area (Å²) in [4.78, 5) is 4.22. The van der Waals surface area contributed by atoms with Crippen LogP contribution in [0.5, 0.6) is 5.75 Å². The number of hydrogen-bond donors (Lipinski definition) is 1. The second kappa shape index (κ2) is 5.20. The number of alkyl halides is 1. The molecule has 0 atom stereocenters. The van der Waals surface area contributed by atoms with Crippen LogP contribution < -0.4 is 10.1 Å². The zero-order valence-corrected chi connectivity index (χ0v) is 11.2. The monoisotopic (exact) mass is 277 g/mol. The number of aromatic nitrogens is 2. The summed E-state index contributed by atoms with van der Waals surface area (Å²) in [6.45, 7) is 1.23. The van der Waals surface area contributed by atoms with Gasteiger partial charge in [0.05, 0.1) is 12.7 Å². The summed E-state index contributed by atoms with van der Waals surface area (Å²) in [6, 6.07) is 7.33. The Morgan fingerprint density at radius 3 is 2.80 bits per heavy atom. The molecule has 5 nitrogen and oxygen atoms in total. The van der Waals surface area contributed by atoms with E-state index < -0.39 is 5.67 Å². The smallest absolute Gasteiger partial charge is 0.264 e. The van der Waals surface area contributed by atoms with Crippen molar-refractivity contribution in [2.24, 2.45) is 0 Å². The Hall–Kier alpha value is -1.95. The van der Waals surface area contributed by atoms with Crippen LogP contribution in [0.3, 0.4) is 0 Å². The molecule has 106 valence electrons. The van der Waals surface area contributed by atoms with Gasteiger partial charge in [-0.25, -0.2) is 4.39 Å². The van der Waals surface area contributed by atoms with Gasteiger partial charge in [-0.1, -0.05) is 17.3 Å². The van der Waals surface area contributed by atoms with Crippen molar-refractivity contribution in [2.45, 2.75) is 18.5 Å². The predicted molar refractivity (Wildman–Crippen MR) is 71.2 cm³/mol. The molecule has 3 rings (SSSR count). The fraction of sp³-hybridized carbons (Fsp3) is 0.429. The molecule has 1 aromatic carbocycles. The van der Waals surface area contributed by atoms with E-state index in [1.54, 1.807) is 13.2 Å². The summed E-state index contributed by atoms with van der Waals surface area (Å²) in [5, 5.41) is 7.01. The van der Waals surface area contributed by atoms with Crippen molar-refractivity contribution in [3.05, 3.63) is 30.2 Å². The van der Waals surface area contributed by atoms with E-state index in [1.807, 2.05) is 18.2 Å². The highest BCUT2D eigenvalue weighted by molar-refractivity contribution is 5.63. The molecule has 0 saturated carbocycles. The minimum Gasteiger partial charge on any atom is -0.496 e. The molecule has 0 amide bonds. The van der Waals surface area contributed by atoms with E-state index in [2.05, 4.69) is 15.5 Å². The molecule has 0 bridgehead atoms. The Morgan fingerprint density at radius 1 is 1.30 bits per heavy atom. The normalized spacial score (nSPS) is 17.9. The van der Waals surface area contributed by atoms with Crippen molar-refractivity contribution in [1.82, 2.24) is 15.5 Å². The van der Waals surface area contributed by atoms with Crippen molar-refractivity contribution in [3.63, 3.8) is 0 Å². The number of ether oxygens (including phenoxy) is 1. The molecule has 2 heterocycles. The number of methoxy groups -OCH3 is 1. The van der Waals surface area contributed by atoms with Gasteiger partial charge < -0.3 is 14.6 Å². The molecule has 1 fully saturated rings. The van der Waals surface area contributed by atoms with Crippen molar-refractivity contribution in [3.8, 4) is 17.1 Å². The lowest BCUT2D eigenvalue weighted by molar-refractivity contribution is 0.0723. The minimum absolute atomic E-state index is 0.0555. The lowest BCUT2D eigenvalue weighted by atomic mass is 9.94. The Labute approximate surface area is 116 Å². The van der Waals surface area contributed by atoms with Gasteiger partial charge in [-0.3, -0.25) is 0 Å². The van der Waals surface area contributed by atoms with Gasteiger partial charge in [0.2, 0.25) is 5.82 Å². The number of rotatable bonds is 3. The SMILES string of the molecule is COc1ccccc1-c1noc(C2(F)CCNCC2)n1. The average molecular weight is 277 g/mol. The van der Waals surface area contributed by atoms with E-state index >= 15 is 0 Å². The van der Waals surface area contributed by atoms with Gasteiger partial charge in [0.25, 0.3) is 5.89 Å². The second-order valence-electron chi connectivity index (χ2n) is 4.84. The van der Waals surface area contributed by atoms with Gasteiger partial charge in [-0.2, -0.15) is 4.98 Å². The Kier molecular flexibility index (Phi) is 3.40. The van der Waals surface area contributed by atoms with Gasteiger partial charge in [0.1, 0.15) is 5.75 Å². The molecule has 1 aliphatic heterocycles. The largest absolute Gasteiger partial charge is 0.496 e. The standard InChI is InChI=1S/C14H16FN3O2/c1-19-11-5-3-2-4-10(11)12-17-13(20-18-12)14(15)6-8-16-9-7-14/h2-5,16H,6-9H2,1H3. The summed E-state index contributed by atoms with van der Waals surface area (Å²) >= 11 is 0. The van der Waals surface area contributed by atoms with E-state index in [1.165, 1.54) is 0 Å². The third kappa shape index (κ3) is 2.27. The maximum atomic E-state index is 14.7. The minimum atomic E-state index is -1.53. The maximum Gasteiger partial charge on any atom is 0.264 e. The number of nitrogens with one attached hydrogen (secondary N) is 1. The molecule has 6 heteroatoms. The number of piperidine rings is 1. The molecule has 0 aliphatic carbocycles. The highest BCUT2D eigenvalue weighted by atomic mass is 19.1. The third-order valence-corrected chi connectivity index (χ3v) is 3.55. The van der Waals surface area contributed by atoms with Gasteiger partial charge in [0, 0.05) is 12.8 Å². The summed E-state index contributed by atoms with van der Waals surface area (Å²) < 4.78 is 25.1. The first kappa shape index (κ1) is 13.1. The van der Waals surface area contributed by atoms with Crippen molar-refractivity contribution < 1.29 is 13.7 Å². The molecule has 1 aliphatic rings. The molecule has 0 radical (unpaired) electrons. The van der Waals surface area contributed by atoms with Crippen LogP contribution in [0.4, 0.5) is 4.39 Å². The van der Waals surface area contributed by atoms with Crippen LogP contribution in [0.25, 0.3) is 11.4 Å². The maximum absolute atomic E-state index is 14.7. The summed E-state index contributed by atoms with van der Waals surface area (Å²) in [7, 11) is 1.57. The second-order valence-corrected chi connectivity index (χ2v) is 4.84. The molecule has 1 saturated heterocycles. The quantitative estimate of drug-likeness (QED) is 0.932. The lowest BCUT2D eigenvalue weighted by Gasteiger charge is -2.26. The highest BCUT2D eigenvalue weighted by Gasteiger charge is 2.39. The van der Waals surface area contributed by atoms with E-state index in [0.29, 0.717) is 43.1 Å². The summed E-state index contributed by atoms with van der Waals surface area (Å²) in [6.07, 6.45) is 0.696. The molecule has 1 aromatic heterocycles. The molecular formula is C14H16FN3O2. The van der Waals surface area contributed by atoms with Crippen LogP contribution in [-0.4, -0.2) is 30.3 Å². The topological polar surface area (TPSA) is 60.2 Å². The van der Waals surface area contributed by atoms with Crippen LogP contribution in [0.15, 0.2) is 28.8 Å². The first-order valence-electron chi connectivity index (χ1n) is 6.60. The van der Waals surface area contributed by atoms with Crippen molar-refractivity contribution >= 4 is 0 Å². The Morgan fingerprint density at radius 2 is 2.05 bits per heavy atom. The van der Waals surface area contributed by atoms with Crippen LogP contribution in [0.1, 0.15) is 18.7 Å². The van der Waals surface area contributed by atoms with Crippen molar-refractivity contribution in [1.29, 1.82) is 0 Å². The lowest BCUT2D eigenvalue weighted by Crippen LogP contribution is -2.36. The molecule has 0 unspecified atom stereocenters. The van der Waals surface area contributed by atoms with Crippen molar-refractivity contribution in [2.75, 3.05) is 20.2 Å². The Balaban J connectivity index is 1.94. The number of benzene rings is 1. The predicted octanol–water partition coefficient (Wildman–Crippen LogP) is 2.29. The first-order valence-corrected chi connectivity index (χ1v) is 6.60. The highest BCUT2D eigenvalue weighted by Crippen LogP contribution is 2.36. The molecule has 20 heavy (non-hydrogen) atoms. The van der Waals surface area contributed by atoms with Gasteiger partial charge in [-0.05, 0) is 25.2 Å². The molecular weight excluding hydrogens is 261 g/mol. The Bertz CT molecular complexity index is 594. The fourth-order valence-corrected chi connectivity index (χ4v) is 2.38. The fourth-order valence-electron chi connectivity index (χ4n) is 2.38. The summed E-state index contributed by atoms with van der Waals surface area (Å²) in [5.74, 6) is 1.05. The molecule has 0 spiro atoms. The van der Waals surface area contributed by atoms with E-state index in [0.717, 1.165) is 0 Å². The van der Waals surface area contributed by atoms with E-state index in [9.17, 15) is 4.39 Å². The number of nitrogens with zero attached hydrogens (tertiary/aromatic N) is 2. The third-order valence-electron chi connectivity index (χ3n) is 3.55. The zero-order chi connectivity index (χ0) is 14.0. The number of halogens is 1. The number of para-hydroxylation sites is 1. The van der Waals surface area contributed by atoms with Crippen LogP contribution in [-0.2, 0) is 5.67 Å². The molecule has 1 N–H and O–H groups in total. The van der Waals surface area contributed by atoms with Crippen LogP contribution >= 0.6 is 0 Å². The number of hydrogen-bond acceptors (Lipinski definition) is 5.